The van der Waals surface area contributed by atoms with Crippen LogP contribution in [-0.2, 0) is 62.4 Å². The van der Waals surface area contributed by atoms with Gasteiger partial charge in [-0.3, -0.25) is 53.0 Å². The van der Waals surface area contributed by atoms with E-state index < -0.39 is 113 Å². The molecule has 0 radical (unpaired) electrons. The summed E-state index contributed by atoms with van der Waals surface area (Å²) in [6.45, 7) is 3.58. The molecule has 2 aromatic carbocycles. The molecule has 1 saturated heterocycles. The van der Waals surface area contributed by atoms with E-state index in [0.29, 0.717) is 21.7 Å². The van der Waals surface area contributed by atoms with Crippen LogP contribution in [0.5, 0.6) is 0 Å². The average Bonchev–Trinajstić information content (AvgIpc) is 4.12. The van der Waals surface area contributed by atoms with Crippen LogP contribution >= 0.6 is 25.3 Å². The van der Waals surface area contributed by atoms with Gasteiger partial charge in [0.15, 0.2) is 5.96 Å². The molecule has 0 aliphatic carbocycles. The summed E-state index contributed by atoms with van der Waals surface area (Å²) in [5, 5.41) is 21.3. The molecule has 1 aliphatic rings. The maximum Gasteiger partial charge on any atom is 0.325 e. The summed E-state index contributed by atoms with van der Waals surface area (Å²) < 4.78 is -1.12. The van der Waals surface area contributed by atoms with Crippen molar-refractivity contribution in [3.05, 3.63) is 90.1 Å². The number of urea groups is 1. The van der Waals surface area contributed by atoms with Gasteiger partial charge in [-0.2, -0.15) is 25.3 Å². The van der Waals surface area contributed by atoms with Crippen LogP contribution in [0.1, 0.15) is 50.4 Å². The second-order valence-corrected chi connectivity index (χ2v) is 19.9. The number of aromatic amines is 2. The number of imidazole rings is 1. The standard InChI is InChI=1S/C48H64N16O10S2/c1-25(57-45(73)35(23-75)58-36(65)22-64-37(66)21-55-47(64)74)40(68)60-34(18-28-20-52-24-56-28)43(71)61-32(16-26-10-5-4-6-11-26)42(70)59-31(14-9-15-53-46(50)51)41(69)62-33(44(72)63-38(39(49)67)48(2,3)76)17-27-19-54-30-13-8-7-12-29(27)30/h4-8,10-13,19-20,24-25,31-35,38,54,75-76H,9,14-18,21-23H2,1-3H3,(H2,49,67)(H,52,56)(H,55,74)(H,57,73)(H,58,65)(H,59,70)(H,60,68)(H,61,71)(H,62,69)(H,63,72)(H4,50,51,53)/t25-,31+,32-,33+,34+,35+,38-/m0/s1. The number of rotatable bonds is 28. The highest BCUT2D eigenvalue weighted by Crippen LogP contribution is 2.21. The first-order valence-electron chi connectivity index (χ1n) is 24.0. The van der Waals surface area contributed by atoms with Gasteiger partial charge in [0.2, 0.25) is 47.3 Å². The molecule has 11 amide bonds. The molecule has 28 heteroatoms. The van der Waals surface area contributed by atoms with Crippen molar-refractivity contribution in [1.29, 1.82) is 0 Å². The SMILES string of the molecule is C[C@H](NC(=O)[C@@H](CS)NC(=O)CN1C(=O)CNC1=O)C(=O)N[C@H](Cc1cnc[nH]1)C(=O)N[C@@H](Cc1ccccc1)C(=O)N[C@H](CCCN=C(N)N)C(=O)N[C@H](Cc1c[nH]c2ccccc12)C(=O)N[C@@H](C(N)=O)C(C)(C)S. The van der Waals surface area contributed by atoms with Gasteiger partial charge in [0.1, 0.15) is 48.8 Å². The Morgan fingerprint density at radius 2 is 1.33 bits per heavy atom. The summed E-state index contributed by atoms with van der Waals surface area (Å²) >= 11 is 8.61. The number of guanidine groups is 1. The monoisotopic (exact) mass is 1090 g/mol. The lowest BCUT2D eigenvalue weighted by Gasteiger charge is -2.30. The largest absolute Gasteiger partial charge is 0.370 e. The van der Waals surface area contributed by atoms with Gasteiger partial charge in [0.25, 0.3) is 5.91 Å². The van der Waals surface area contributed by atoms with Crippen molar-refractivity contribution in [2.75, 3.05) is 25.4 Å². The Kier molecular flexibility index (Phi) is 21.2. The van der Waals surface area contributed by atoms with E-state index in [9.17, 15) is 47.9 Å². The predicted octanol–water partition coefficient (Wildman–Crippen LogP) is -2.94. The summed E-state index contributed by atoms with van der Waals surface area (Å²) in [5.41, 5.74) is 19.2. The molecule has 1 fully saturated rings. The number of benzene rings is 2. The number of aromatic nitrogens is 3. The van der Waals surface area contributed by atoms with Crippen LogP contribution in [-0.4, -0.2) is 157 Å². The van der Waals surface area contributed by atoms with E-state index in [1.807, 2.05) is 18.2 Å². The minimum absolute atomic E-state index is 0.0432. The lowest BCUT2D eigenvalue weighted by Crippen LogP contribution is -2.61. The third-order valence-electron chi connectivity index (χ3n) is 11.9. The van der Waals surface area contributed by atoms with Crippen molar-refractivity contribution in [1.82, 2.24) is 62.4 Å². The maximum absolute atomic E-state index is 14.6. The number of nitrogens with two attached hydrogens (primary N) is 3. The first-order valence-corrected chi connectivity index (χ1v) is 25.1. The van der Waals surface area contributed by atoms with E-state index in [4.69, 9.17) is 17.2 Å². The normalized spacial score (nSPS) is 15.1. The number of nitrogens with one attached hydrogen (secondary N) is 10. The number of thiol groups is 2. The molecule has 76 heavy (non-hydrogen) atoms. The number of carbonyl (C=O) groups excluding carboxylic acids is 10. The molecule has 0 bridgehead atoms. The molecule has 26 nitrogen and oxygen atoms in total. The van der Waals surface area contributed by atoms with Crippen LogP contribution in [0.4, 0.5) is 4.79 Å². The second-order valence-electron chi connectivity index (χ2n) is 18.4. The fraction of sp³-hybridized carbons (Fsp3) is 0.417. The second kappa shape index (κ2) is 27.4. The molecule has 0 unspecified atom stereocenters. The third-order valence-corrected chi connectivity index (χ3v) is 12.6. The summed E-state index contributed by atoms with van der Waals surface area (Å²) in [4.78, 5) is 149. The van der Waals surface area contributed by atoms with Crippen molar-refractivity contribution < 1.29 is 47.9 Å². The van der Waals surface area contributed by atoms with Gasteiger partial charge in [0.05, 0.1) is 12.9 Å². The molecule has 5 rings (SSSR count). The number of hydrogen-bond donors (Lipinski definition) is 15. The van der Waals surface area contributed by atoms with Crippen LogP contribution in [0.3, 0.4) is 0 Å². The lowest BCUT2D eigenvalue weighted by molar-refractivity contribution is -0.135. The number of carbonyl (C=O) groups is 10. The Labute approximate surface area is 447 Å². The number of para-hydroxylation sites is 1. The number of amides is 11. The highest BCUT2D eigenvalue weighted by molar-refractivity contribution is 7.81. The van der Waals surface area contributed by atoms with Crippen molar-refractivity contribution >= 4 is 101 Å². The van der Waals surface area contributed by atoms with Gasteiger partial charge in [-0.1, -0.05) is 48.5 Å². The highest BCUT2D eigenvalue weighted by Gasteiger charge is 2.37. The highest BCUT2D eigenvalue weighted by atomic mass is 32.1. The summed E-state index contributed by atoms with van der Waals surface area (Å²) in [6, 6.07) is 5.63. The van der Waals surface area contributed by atoms with Crippen LogP contribution in [0.25, 0.3) is 10.9 Å². The zero-order valence-corrected chi connectivity index (χ0v) is 43.7. The van der Waals surface area contributed by atoms with Crippen molar-refractivity contribution in [2.24, 2.45) is 22.2 Å². The quantitative estimate of drug-likeness (QED) is 0.00892. The van der Waals surface area contributed by atoms with Crippen molar-refractivity contribution in [2.45, 2.75) is 99.9 Å². The van der Waals surface area contributed by atoms with Gasteiger partial charge in [-0.15, -0.1) is 0 Å². The molecule has 7 atom stereocenters. The zero-order valence-electron chi connectivity index (χ0n) is 41.9. The fourth-order valence-corrected chi connectivity index (χ4v) is 8.36. The molecule has 408 valence electrons. The number of hydrogen-bond acceptors (Lipinski definition) is 14. The van der Waals surface area contributed by atoms with Gasteiger partial charge in [0, 0.05) is 65.3 Å². The molecule has 3 heterocycles. The number of H-pyrrole nitrogens is 2. The van der Waals surface area contributed by atoms with Gasteiger partial charge in [-0.05, 0) is 50.8 Å². The van der Waals surface area contributed by atoms with Gasteiger partial charge in [-0.25, -0.2) is 9.78 Å². The van der Waals surface area contributed by atoms with Crippen LogP contribution in [0, 0.1) is 0 Å². The van der Waals surface area contributed by atoms with E-state index in [-0.39, 0.29) is 56.9 Å². The summed E-state index contributed by atoms with van der Waals surface area (Å²) in [5.74, 6) is -7.82. The predicted molar refractivity (Wildman–Crippen MR) is 285 cm³/mol. The number of primary amides is 1. The Balaban J connectivity index is 1.38. The summed E-state index contributed by atoms with van der Waals surface area (Å²) in [7, 11) is 0. The maximum atomic E-state index is 14.6. The van der Waals surface area contributed by atoms with Crippen molar-refractivity contribution in [3.63, 3.8) is 0 Å². The van der Waals surface area contributed by atoms with Crippen LogP contribution < -0.4 is 59.7 Å². The molecular formula is C48H64N16O10S2. The van der Waals surface area contributed by atoms with Gasteiger partial charge >= 0.3 is 6.03 Å². The Hall–Kier alpha value is -8.14. The Morgan fingerprint density at radius 1 is 0.737 bits per heavy atom. The number of imide groups is 1. The first kappa shape index (κ1) is 58.7. The van der Waals surface area contributed by atoms with Crippen molar-refractivity contribution in [3.8, 4) is 0 Å². The van der Waals surface area contributed by atoms with Gasteiger partial charge < -0.3 is 69.7 Å². The Bertz CT molecular complexity index is 2750. The van der Waals surface area contributed by atoms with Crippen LogP contribution in [0.2, 0.25) is 0 Å². The smallest absolute Gasteiger partial charge is 0.325 e. The topological polar surface area (TPSA) is 405 Å². The zero-order chi connectivity index (χ0) is 55.7. The lowest BCUT2D eigenvalue weighted by atomic mass is 9.99. The molecular weight excluding hydrogens is 1020 g/mol. The number of fused-ring (bicyclic) bond motifs is 1. The van der Waals surface area contributed by atoms with E-state index in [1.165, 1.54) is 19.4 Å². The summed E-state index contributed by atoms with van der Waals surface area (Å²) in [6.07, 6.45) is 4.13. The van der Waals surface area contributed by atoms with E-state index in [1.54, 1.807) is 56.4 Å². The number of aliphatic imine (C=N–C) groups is 1. The molecule has 1 aliphatic heterocycles. The molecule has 2 aromatic heterocycles. The third kappa shape index (κ3) is 17.2. The molecule has 16 N–H and O–H groups in total. The molecule has 4 aromatic rings. The fourth-order valence-electron chi connectivity index (χ4n) is 7.91. The average molecular weight is 1090 g/mol. The minimum Gasteiger partial charge on any atom is -0.370 e. The first-order chi connectivity index (χ1) is 36.0. The van der Waals surface area contributed by atoms with Crippen LogP contribution in [0.15, 0.2) is 78.3 Å². The number of nitrogens with zero attached hydrogens (tertiary/aromatic N) is 3. The minimum atomic E-state index is -1.42. The Morgan fingerprint density at radius 3 is 1.93 bits per heavy atom. The molecule has 0 spiro atoms. The van der Waals surface area contributed by atoms with E-state index in [2.05, 4.69) is 87.7 Å². The van der Waals surface area contributed by atoms with E-state index in [0.717, 1.165) is 10.9 Å². The molecule has 0 saturated carbocycles. The van der Waals surface area contributed by atoms with E-state index >= 15 is 0 Å².